The molecule has 0 aliphatic carbocycles. The lowest BCUT2D eigenvalue weighted by atomic mass is 9.91. The summed E-state index contributed by atoms with van der Waals surface area (Å²) >= 11 is 6.03. The van der Waals surface area contributed by atoms with Crippen LogP contribution in [0.5, 0.6) is 0 Å². The van der Waals surface area contributed by atoms with Crippen LogP contribution < -0.4 is 10.6 Å². The van der Waals surface area contributed by atoms with Crippen LogP contribution >= 0.6 is 11.6 Å². The van der Waals surface area contributed by atoms with E-state index in [4.69, 9.17) is 11.6 Å². The molecule has 34 heavy (non-hydrogen) atoms. The molecular weight excluding hydrogens is 454 g/mol. The summed E-state index contributed by atoms with van der Waals surface area (Å²) in [5, 5.41) is 6.41. The second kappa shape index (κ2) is 11.2. The van der Waals surface area contributed by atoms with Crippen LogP contribution in [0.25, 0.3) is 5.65 Å². The number of carbonyl (C=O) groups is 3. The number of benzene rings is 1. The number of aromatic nitrogens is 2. The van der Waals surface area contributed by atoms with Gasteiger partial charge in [0.05, 0.1) is 11.6 Å². The minimum absolute atomic E-state index is 0.00266. The van der Waals surface area contributed by atoms with Gasteiger partial charge in [-0.2, -0.15) is 0 Å². The Bertz CT molecular complexity index is 1160. The van der Waals surface area contributed by atoms with E-state index in [1.54, 1.807) is 28.9 Å². The smallest absolute Gasteiger partial charge is 0.274 e. The van der Waals surface area contributed by atoms with Crippen molar-refractivity contribution in [1.29, 1.82) is 0 Å². The molecule has 0 saturated carbocycles. The minimum Gasteiger partial charge on any atom is -0.356 e. The van der Waals surface area contributed by atoms with Gasteiger partial charge < -0.3 is 19.9 Å². The Morgan fingerprint density at radius 2 is 1.76 bits per heavy atom. The summed E-state index contributed by atoms with van der Waals surface area (Å²) in [6, 6.07) is 13.5. The molecule has 178 valence electrons. The second-order valence-corrected chi connectivity index (χ2v) is 8.89. The van der Waals surface area contributed by atoms with Gasteiger partial charge in [-0.3, -0.25) is 14.4 Å². The molecule has 3 aromatic rings. The molecule has 8 nitrogen and oxygen atoms in total. The van der Waals surface area contributed by atoms with E-state index in [9.17, 15) is 14.4 Å². The molecule has 1 aliphatic rings. The van der Waals surface area contributed by atoms with E-state index < -0.39 is 0 Å². The normalized spacial score (nSPS) is 18.7. The molecule has 2 aromatic heterocycles. The third-order valence-electron chi connectivity index (χ3n) is 5.99. The Kier molecular flexibility index (Phi) is 7.80. The Hall–Kier alpha value is -3.39. The molecule has 0 radical (unpaired) electrons. The lowest BCUT2D eigenvalue weighted by molar-refractivity contribution is -0.123. The number of amides is 3. The number of fused-ring (bicyclic) bond motifs is 1. The Labute approximate surface area is 203 Å². The van der Waals surface area contributed by atoms with E-state index in [1.165, 1.54) is 4.90 Å². The number of carbonyl (C=O) groups excluding carboxylic acids is 3. The summed E-state index contributed by atoms with van der Waals surface area (Å²) < 4.78 is 1.68. The monoisotopic (exact) mass is 481 g/mol. The zero-order chi connectivity index (χ0) is 23.9. The van der Waals surface area contributed by atoms with Gasteiger partial charge in [0.15, 0.2) is 0 Å². The molecule has 4 rings (SSSR count). The molecule has 3 amide bonds. The predicted molar refractivity (Wildman–Crippen MR) is 130 cm³/mol. The highest BCUT2D eigenvalue weighted by Gasteiger charge is 2.22. The summed E-state index contributed by atoms with van der Waals surface area (Å²) in [7, 11) is 0. The summed E-state index contributed by atoms with van der Waals surface area (Å²) in [6.45, 7) is 1.15. The standard InChI is InChI=1S/C25H28ClN5O3/c26-20-8-9-22-29-21(16-31(22)15-20)25(34)30-14-4-12-27-23(32)10-7-19(11-13-28-24(33)17-30)18-5-2-1-3-6-18/h1-3,5-6,8-9,15-16,19H,4,7,10-14,17H2,(H,27,32)(H,28,33). The first-order valence-electron chi connectivity index (χ1n) is 11.5. The third kappa shape index (κ3) is 6.14. The molecule has 1 saturated heterocycles. The zero-order valence-electron chi connectivity index (χ0n) is 18.9. The summed E-state index contributed by atoms with van der Waals surface area (Å²) in [5.74, 6) is -0.390. The van der Waals surface area contributed by atoms with Crippen LogP contribution in [0.3, 0.4) is 0 Å². The first kappa shape index (κ1) is 23.8. The maximum Gasteiger partial charge on any atom is 0.274 e. The van der Waals surface area contributed by atoms with Crippen molar-refractivity contribution >= 4 is 35.0 Å². The highest BCUT2D eigenvalue weighted by atomic mass is 35.5. The molecule has 0 bridgehead atoms. The van der Waals surface area contributed by atoms with Gasteiger partial charge >= 0.3 is 0 Å². The van der Waals surface area contributed by atoms with E-state index in [2.05, 4.69) is 27.8 Å². The molecule has 2 N–H and O–H groups in total. The van der Waals surface area contributed by atoms with Crippen molar-refractivity contribution < 1.29 is 14.4 Å². The van der Waals surface area contributed by atoms with Crippen LogP contribution in [0.4, 0.5) is 0 Å². The summed E-state index contributed by atoms with van der Waals surface area (Å²) in [4.78, 5) is 44.1. The first-order valence-corrected chi connectivity index (χ1v) is 11.9. The quantitative estimate of drug-likeness (QED) is 0.588. The molecule has 3 heterocycles. The number of nitrogens with one attached hydrogen (secondary N) is 2. The van der Waals surface area contributed by atoms with Gasteiger partial charge in [0.2, 0.25) is 11.8 Å². The molecule has 0 spiro atoms. The van der Waals surface area contributed by atoms with Crippen LogP contribution in [-0.2, 0) is 9.59 Å². The average molecular weight is 482 g/mol. The van der Waals surface area contributed by atoms with E-state index in [1.807, 2.05) is 18.2 Å². The van der Waals surface area contributed by atoms with E-state index in [-0.39, 0.29) is 35.9 Å². The topological polar surface area (TPSA) is 95.8 Å². The lowest BCUT2D eigenvalue weighted by Gasteiger charge is -2.23. The highest BCUT2D eigenvalue weighted by molar-refractivity contribution is 6.30. The molecule has 1 atom stereocenters. The third-order valence-corrected chi connectivity index (χ3v) is 6.21. The van der Waals surface area contributed by atoms with Gasteiger partial charge in [-0.15, -0.1) is 0 Å². The van der Waals surface area contributed by atoms with Crippen molar-refractivity contribution in [2.75, 3.05) is 26.2 Å². The van der Waals surface area contributed by atoms with Crippen LogP contribution in [0.1, 0.15) is 47.7 Å². The van der Waals surface area contributed by atoms with Gasteiger partial charge in [-0.25, -0.2) is 4.98 Å². The predicted octanol–water partition coefficient (Wildman–Crippen LogP) is 3.02. The Morgan fingerprint density at radius 1 is 0.971 bits per heavy atom. The molecular formula is C25H28ClN5O3. The van der Waals surface area contributed by atoms with Gasteiger partial charge in [-0.05, 0) is 42.9 Å². The van der Waals surface area contributed by atoms with Crippen molar-refractivity contribution in [2.45, 2.75) is 31.6 Å². The summed E-state index contributed by atoms with van der Waals surface area (Å²) in [5.41, 5.74) is 1.99. The van der Waals surface area contributed by atoms with Gasteiger partial charge in [-0.1, -0.05) is 41.9 Å². The molecule has 9 heteroatoms. The largest absolute Gasteiger partial charge is 0.356 e. The van der Waals surface area contributed by atoms with Crippen molar-refractivity contribution in [3.63, 3.8) is 0 Å². The Balaban J connectivity index is 1.47. The SMILES string of the molecule is O=C1CCC(c2ccccc2)CCNC(=O)CN(C(=O)c2cn3cc(Cl)ccc3n2)CCCN1. The maximum atomic E-state index is 13.2. The molecule has 1 aliphatic heterocycles. The fourth-order valence-corrected chi connectivity index (χ4v) is 4.36. The number of hydrogen-bond donors (Lipinski definition) is 2. The number of hydrogen-bond acceptors (Lipinski definition) is 4. The molecule has 1 aromatic carbocycles. The number of rotatable bonds is 2. The lowest BCUT2D eigenvalue weighted by Crippen LogP contribution is -2.42. The maximum absolute atomic E-state index is 13.2. The van der Waals surface area contributed by atoms with Crippen molar-refractivity contribution in [3.8, 4) is 0 Å². The van der Waals surface area contributed by atoms with E-state index >= 15 is 0 Å². The first-order chi connectivity index (χ1) is 16.5. The van der Waals surface area contributed by atoms with Crippen LogP contribution in [0.15, 0.2) is 54.9 Å². The fraction of sp³-hybridized carbons (Fsp3) is 0.360. The number of imidazole rings is 1. The highest BCUT2D eigenvalue weighted by Crippen LogP contribution is 2.24. The van der Waals surface area contributed by atoms with E-state index in [0.717, 1.165) is 5.56 Å². The second-order valence-electron chi connectivity index (χ2n) is 8.45. The number of nitrogens with zero attached hydrogens (tertiary/aromatic N) is 3. The number of halogens is 1. The van der Waals surface area contributed by atoms with Crippen LogP contribution in [0, 0.1) is 0 Å². The van der Waals surface area contributed by atoms with Crippen molar-refractivity contribution in [1.82, 2.24) is 24.9 Å². The number of pyridine rings is 1. The van der Waals surface area contributed by atoms with Crippen LogP contribution in [-0.4, -0.2) is 58.2 Å². The van der Waals surface area contributed by atoms with Gasteiger partial charge in [0.25, 0.3) is 5.91 Å². The fourth-order valence-electron chi connectivity index (χ4n) is 4.19. The minimum atomic E-state index is -0.337. The van der Waals surface area contributed by atoms with Crippen LogP contribution in [0.2, 0.25) is 5.02 Å². The van der Waals surface area contributed by atoms with Crippen molar-refractivity contribution in [3.05, 3.63) is 71.1 Å². The molecule has 1 unspecified atom stereocenters. The average Bonchev–Trinajstić information content (AvgIpc) is 3.26. The van der Waals surface area contributed by atoms with Gasteiger partial charge in [0.1, 0.15) is 11.3 Å². The summed E-state index contributed by atoms with van der Waals surface area (Å²) in [6.07, 6.45) is 5.67. The van der Waals surface area contributed by atoms with Gasteiger partial charge in [0, 0.05) is 38.4 Å². The molecule has 1 fully saturated rings. The Morgan fingerprint density at radius 3 is 2.59 bits per heavy atom. The van der Waals surface area contributed by atoms with Crippen molar-refractivity contribution in [2.24, 2.45) is 0 Å². The zero-order valence-corrected chi connectivity index (χ0v) is 19.6. The van der Waals surface area contributed by atoms with E-state index in [0.29, 0.717) is 56.0 Å².